The number of hydrogen-bond acceptors (Lipinski definition) is 2. The van der Waals surface area contributed by atoms with E-state index in [1.807, 2.05) is 30.3 Å². The van der Waals surface area contributed by atoms with Crippen molar-refractivity contribution >= 4 is 23.4 Å². The Bertz CT molecular complexity index is 551. The van der Waals surface area contributed by atoms with E-state index in [0.717, 1.165) is 15.5 Å². The molecule has 0 radical (unpaired) electrons. The van der Waals surface area contributed by atoms with Gasteiger partial charge in [-0.25, -0.2) is 0 Å². The monoisotopic (exact) mass is 292 g/mol. The van der Waals surface area contributed by atoms with E-state index in [-0.39, 0.29) is 0 Å². The molecule has 0 saturated carbocycles. The van der Waals surface area contributed by atoms with E-state index in [4.69, 9.17) is 11.6 Å². The SMILES string of the molecule is Cc1ccc(C(O)CSc2ccc(Cl)cc2)cc1C. The van der Waals surface area contributed by atoms with Gasteiger partial charge < -0.3 is 5.11 Å². The molecule has 0 heterocycles. The third-order valence-corrected chi connectivity index (χ3v) is 4.48. The van der Waals surface area contributed by atoms with Crippen LogP contribution in [0.4, 0.5) is 0 Å². The van der Waals surface area contributed by atoms with Crippen LogP contribution in [0.2, 0.25) is 5.02 Å². The molecule has 2 aromatic rings. The highest BCUT2D eigenvalue weighted by Crippen LogP contribution is 2.26. The summed E-state index contributed by atoms with van der Waals surface area (Å²) >= 11 is 7.48. The molecule has 0 bridgehead atoms. The van der Waals surface area contributed by atoms with E-state index in [1.54, 1.807) is 11.8 Å². The predicted octanol–water partition coefficient (Wildman–Crippen LogP) is 4.78. The van der Waals surface area contributed by atoms with Crippen molar-refractivity contribution in [2.75, 3.05) is 5.75 Å². The number of halogens is 1. The van der Waals surface area contributed by atoms with Gasteiger partial charge in [-0.3, -0.25) is 0 Å². The molecule has 100 valence electrons. The Hall–Kier alpha value is -0.960. The van der Waals surface area contributed by atoms with Gasteiger partial charge in [-0.15, -0.1) is 11.8 Å². The number of aryl methyl sites for hydroxylation is 2. The number of thioether (sulfide) groups is 1. The van der Waals surface area contributed by atoms with Crippen molar-refractivity contribution in [2.45, 2.75) is 24.8 Å². The molecular formula is C16H17ClOS. The summed E-state index contributed by atoms with van der Waals surface area (Å²) in [6, 6.07) is 13.8. The first kappa shape index (κ1) is 14.4. The van der Waals surface area contributed by atoms with Gasteiger partial charge in [0.05, 0.1) is 6.10 Å². The Morgan fingerprint density at radius 3 is 2.37 bits per heavy atom. The molecule has 0 spiro atoms. The fraction of sp³-hybridized carbons (Fsp3) is 0.250. The van der Waals surface area contributed by atoms with E-state index < -0.39 is 6.10 Å². The third kappa shape index (κ3) is 4.00. The number of aliphatic hydroxyl groups excluding tert-OH is 1. The number of benzene rings is 2. The van der Waals surface area contributed by atoms with Crippen molar-refractivity contribution in [3.8, 4) is 0 Å². The minimum atomic E-state index is -0.444. The minimum Gasteiger partial charge on any atom is -0.388 e. The van der Waals surface area contributed by atoms with Crippen molar-refractivity contribution in [1.29, 1.82) is 0 Å². The minimum absolute atomic E-state index is 0.444. The van der Waals surface area contributed by atoms with Crippen LogP contribution in [0.25, 0.3) is 0 Å². The van der Waals surface area contributed by atoms with Gasteiger partial charge in [0.1, 0.15) is 0 Å². The summed E-state index contributed by atoms with van der Waals surface area (Å²) in [5.41, 5.74) is 3.44. The average molecular weight is 293 g/mol. The molecule has 0 aromatic heterocycles. The van der Waals surface area contributed by atoms with Crippen LogP contribution in [0, 0.1) is 13.8 Å². The van der Waals surface area contributed by atoms with Crippen LogP contribution in [0.1, 0.15) is 22.8 Å². The van der Waals surface area contributed by atoms with Gasteiger partial charge in [-0.2, -0.15) is 0 Å². The molecule has 0 saturated heterocycles. The molecule has 2 aromatic carbocycles. The molecule has 1 nitrogen and oxygen atoms in total. The molecule has 1 atom stereocenters. The summed E-state index contributed by atoms with van der Waals surface area (Å²) in [4.78, 5) is 1.12. The summed E-state index contributed by atoms with van der Waals surface area (Å²) in [5.74, 6) is 0.643. The summed E-state index contributed by atoms with van der Waals surface area (Å²) in [5, 5.41) is 10.9. The Morgan fingerprint density at radius 2 is 1.74 bits per heavy atom. The van der Waals surface area contributed by atoms with Crippen LogP contribution in [-0.4, -0.2) is 10.9 Å². The van der Waals surface area contributed by atoms with E-state index in [9.17, 15) is 5.11 Å². The van der Waals surface area contributed by atoms with Crippen molar-refractivity contribution in [1.82, 2.24) is 0 Å². The van der Waals surface area contributed by atoms with Crippen LogP contribution in [0.3, 0.4) is 0 Å². The lowest BCUT2D eigenvalue weighted by Gasteiger charge is -2.12. The maximum absolute atomic E-state index is 10.2. The zero-order valence-electron chi connectivity index (χ0n) is 11.1. The molecule has 0 aliphatic carbocycles. The van der Waals surface area contributed by atoms with Crippen molar-refractivity contribution < 1.29 is 5.11 Å². The third-order valence-electron chi connectivity index (χ3n) is 3.14. The first-order valence-corrected chi connectivity index (χ1v) is 7.56. The van der Waals surface area contributed by atoms with E-state index in [0.29, 0.717) is 5.75 Å². The summed E-state index contributed by atoms with van der Waals surface area (Å²) in [6.07, 6.45) is -0.444. The molecule has 1 unspecified atom stereocenters. The quantitative estimate of drug-likeness (QED) is 0.818. The van der Waals surface area contributed by atoms with Gasteiger partial charge >= 0.3 is 0 Å². The standard InChI is InChI=1S/C16H17ClOS/c1-11-3-4-13(9-12(11)2)16(18)10-19-15-7-5-14(17)6-8-15/h3-9,16,18H,10H2,1-2H3. The van der Waals surface area contributed by atoms with E-state index in [2.05, 4.69) is 26.0 Å². The average Bonchev–Trinajstić information content (AvgIpc) is 2.41. The first-order valence-electron chi connectivity index (χ1n) is 6.20. The fourth-order valence-electron chi connectivity index (χ4n) is 1.77. The molecule has 1 N–H and O–H groups in total. The summed E-state index contributed by atoms with van der Waals surface area (Å²) < 4.78 is 0. The molecule has 2 rings (SSSR count). The first-order chi connectivity index (χ1) is 9.06. The van der Waals surface area contributed by atoms with Gasteiger partial charge in [0.15, 0.2) is 0 Å². The maximum atomic E-state index is 10.2. The fourth-order valence-corrected chi connectivity index (χ4v) is 2.77. The number of hydrogen-bond donors (Lipinski definition) is 1. The Balaban J connectivity index is 1.98. The Morgan fingerprint density at radius 1 is 1.05 bits per heavy atom. The van der Waals surface area contributed by atoms with Crippen LogP contribution in [0.15, 0.2) is 47.4 Å². The lowest BCUT2D eigenvalue weighted by Crippen LogP contribution is -2.01. The van der Waals surface area contributed by atoms with Crippen LogP contribution >= 0.6 is 23.4 Å². The van der Waals surface area contributed by atoms with Gasteiger partial charge in [0.25, 0.3) is 0 Å². The van der Waals surface area contributed by atoms with Gasteiger partial charge in [0.2, 0.25) is 0 Å². The molecule has 0 aliphatic rings. The smallest absolute Gasteiger partial charge is 0.0884 e. The van der Waals surface area contributed by atoms with Crippen molar-refractivity contribution in [2.24, 2.45) is 0 Å². The Kier molecular flexibility index (Phi) is 4.92. The second-order valence-corrected chi connectivity index (χ2v) is 6.15. The number of aliphatic hydroxyl groups is 1. The highest BCUT2D eigenvalue weighted by molar-refractivity contribution is 7.99. The predicted molar refractivity (Wildman–Crippen MR) is 83.1 cm³/mol. The van der Waals surface area contributed by atoms with E-state index >= 15 is 0 Å². The van der Waals surface area contributed by atoms with Crippen LogP contribution in [-0.2, 0) is 0 Å². The largest absolute Gasteiger partial charge is 0.388 e. The second-order valence-electron chi connectivity index (χ2n) is 4.62. The lowest BCUT2D eigenvalue weighted by atomic mass is 10.0. The second kappa shape index (κ2) is 6.47. The van der Waals surface area contributed by atoms with Gasteiger partial charge in [-0.05, 0) is 54.8 Å². The van der Waals surface area contributed by atoms with Crippen molar-refractivity contribution in [3.63, 3.8) is 0 Å². The molecule has 0 fully saturated rings. The molecule has 0 aliphatic heterocycles. The highest BCUT2D eigenvalue weighted by atomic mass is 35.5. The van der Waals surface area contributed by atoms with Crippen LogP contribution in [0.5, 0.6) is 0 Å². The van der Waals surface area contributed by atoms with Crippen molar-refractivity contribution in [3.05, 3.63) is 64.2 Å². The topological polar surface area (TPSA) is 20.2 Å². The molecule has 3 heteroatoms. The van der Waals surface area contributed by atoms with Crippen LogP contribution < -0.4 is 0 Å². The molecule has 19 heavy (non-hydrogen) atoms. The maximum Gasteiger partial charge on any atom is 0.0884 e. The summed E-state index contributed by atoms with van der Waals surface area (Å²) in [6.45, 7) is 4.14. The molecular weight excluding hydrogens is 276 g/mol. The summed E-state index contributed by atoms with van der Waals surface area (Å²) in [7, 11) is 0. The Labute approximate surface area is 123 Å². The zero-order chi connectivity index (χ0) is 13.8. The lowest BCUT2D eigenvalue weighted by molar-refractivity contribution is 0.204. The van der Waals surface area contributed by atoms with E-state index in [1.165, 1.54) is 11.1 Å². The zero-order valence-corrected chi connectivity index (χ0v) is 12.6. The number of rotatable bonds is 4. The van der Waals surface area contributed by atoms with Gasteiger partial charge in [0, 0.05) is 15.7 Å². The van der Waals surface area contributed by atoms with Gasteiger partial charge in [-0.1, -0.05) is 29.8 Å². The molecule has 0 amide bonds. The highest BCUT2D eigenvalue weighted by Gasteiger charge is 2.09. The normalized spacial score (nSPS) is 12.4.